The molecule has 1 fully saturated rings. The summed E-state index contributed by atoms with van der Waals surface area (Å²) in [5.74, 6) is -0.371. The maximum Gasteiger partial charge on any atom is 0.263 e. The number of hydrogen-bond acceptors (Lipinski definition) is 3. The molecule has 2 aromatic rings. The molecule has 1 heterocycles. The molecule has 1 aliphatic heterocycles. The van der Waals surface area contributed by atoms with E-state index in [1.807, 2.05) is 50.0 Å². The van der Waals surface area contributed by atoms with Gasteiger partial charge in [-0.1, -0.05) is 61.9 Å². The number of aryl methyl sites for hydroxylation is 1. The number of nitrogens with one attached hydrogen (secondary N) is 1. The third-order valence-corrected chi connectivity index (χ3v) is 7.64. The fourth-order valence-corrected chi connectivity index (χ4v) is 5.51. The van der Waals surface area contributed by atoms with Crippen molar-refractivity contribution in [1.29, 1.82) is 0 Å². The molecule has 2 atom stereocenters. The zero-order valence-corrected chi connectivity index (χ0v) is 21.2. The summed E-state index contributed by atoms with van der Waals surface area (Å²) >= 11 is 0. The molecular formula is C29H38FN3O2. The van der Waals surface area contributed by atoms with Crippen LogP contribution in [-0.4, -0.2) is 36.0 Å². The van der Waals surface area contributed by atoms with Gasteiger partial charge < -0.3 is 5.32 Å². The van der Waals surface area contributed by atoms with Gasteiger partial charge in [0.25, 0.3) is 5.91 Å². The molecule has 1 N–H and O–H groups in total. The van der Waals surface area contributed by atoms with Gasteiger partial charge in [-0.05, 0) is 68.9 Å². The molecule has 35 heavy (non-hydrogen) atoms. The van der Waals surface area contributed by atoms with Crippen LogP contribution in [0.5, 0.6) is 0 Å². The first-order chi connectivity index (χ1) is 16.9. The minimum atomic E-state index is -0.581. The van der Waals surface area contributed by atoms with Gasteiger partial charge >= 0.3 is 0 Å². The molecule has 0 aromatic heterocycles. The standard InChI is InChI=1S/C29H38FN3O2/c1-4-32(33-17-16-24-19-25(30)14-15-27(24)33)29(35)26(18-22-8-6-5-7-9-22)31-28(34)21(3)23-12-10-20(2)11-13-23/h10-15,19,21-22,26H,4-9,16-18H2,1-3H3,(H,31,34). The van der Waals surface area contributed by atoms with E-state index in [9.17, 15) is 14.0 Å². The van der Waals surface area contributed by atoms with Crippen LogP contribution in [0.25, 0.3) is 0 Å². The van der Waals surface area contributed by atoms with E-state index >= 15 is 0 Å². The topological polar surface area (TPSA) is 52.7 Å². The Morgan fingerprint density at radius 3 is 2.51 bits per heavy atom. The van der Waals surface area contributed by atoms with E-state index in [-0.39, 0.29) is 23.5 Å². The second-order valence-corrected chi connectivity index (χ2v) is 10.1. The smallest absolute Gasteiger partial charge is 0.263 e. The van der Waals surface area contributed by atoms with E-state index in [2.05, 4.69) is 5.32 Å². The molecule has 188 valence electrons. The van der Waals surface area contributed by atoms with E-state index < -0.39 is 6.04 Å². The number of nitrogens with zero attached hydrogens (tertiary/aromatic N) is 2. The zero-order chi connectivity index (χ0) is 24.9. The number of hydrogen-bond donors (Lipinski definition) is 1. The van der Waals surface area contributed by atoms with Crippen molar-refractivity contribution in [2.24, 2.45) is 5.92 Å². The molecule has 2 unspecified atom stereocenters. The Labute approximate surface area is 208 Å². The number of carbonyl (C=O) groups is 2. The Morgan fingerprint density at radius 1 is 1.11 bits per heavy atom. The number of likely N-dealkylation sites (N-methyl/N-ethyl adjacent to an activating group) is 1. The molecule has 0 spiro atoms. The van der Waals surface area contributed by atoms with E-state index in [1.54, 1.807) is 17.1 Å². The average Bonchev–Trinajstić information content (AvgIpc) is 3.27. The summed E-state index contributed by atoms with van der Waals surface area (Å²) in [6.07, 6.45) is 7.17. The number of fused-ring (bicyclic) bond motifs is 1. The number of rotatable bonds is 8. The second-order valence-electron chi connectivity index (χ2n) is 10.1. The minimum absolute atomic E-state index is 0.0836. The van der Waals surface area contributed by atoms with Crippen molar-refractivity contribution in [2.75, 3.05) is 18.1 Å². The lowest BCUT2D eigenvalue weighted by Crippen LogP contribution is -2.55. The molecule has 2 amide bonds. The number of amides is 2. The van der Waals surface area contributed by atoms with Gasteiger partial charge in [0.05, 0.1) is 11.6 Å². The molecule has 1 saturated carbocycles. The third-order valence-electron chi connectivity index (χ3n) is 7.64. The Bertz CT molecular complexity index is 1030. The molecule has 0 bridgehead atoms. The number of halogens is 1. The SMILES string of the molecule is CCN(C(=O)C(CC1CCCCC1)NC(=O)C(C)c1ccc(C)cc1)N1CCc2cc(F)ccc21. The summed E-state index contributed by atoms with van der Waals surface area (Å²) in [5, 5.41) is 6.83. The van der Waals surface area contributed by atoms with Crippen LogP contribution in [0.1, 0.15) is 75.0 Å². The molecule has 4 rings (SSSR count). The number of anilines is 1. The largest absolute Gasteiger partial charge is 0.344 e. The maximum atomic E-state index is 13.9. The van der Waals surface area contributed by atoms with Crippen molar-refractivity contribution < 1.29 is 14.0 Å². The van der Waals surface area contributed by atoms with Gasteiger partial charge in [0, 0.05) is 13.1 Å². The van der Waals surface area contributed by atoms with Gasteiger partial charge in [-0.15, -0.1) is 0 Å². The molecular weight excluding hydrogens is 441 g/mol. The highest BCUT2D eigenvalue weighted by Gasteiger charge is 2.34. The highest BCUT2D eigenvalue weighted by Crippen LogP contribution is 2.32. The van der Waals surface area contributed by atoms with E-state index in [1.165, 1.54) is 25.3 Å². The van der Waals surface area contributed by atoms with Crippen LogP contribution >= 0.6 is 0 Å². The van der Waals surface area contributed by atoms with E-state index in [0.29, 0.717) is 31.8 Å². The number of carbonyl (C=O) groups excluding carboxylic acids is 2. The van der Waals surface area contributed by atoms with Gasteiger partial charge in [-0.2, -0.15) is 0 Å². The third kappa shape index (κ3) is 5.85. The number of benzene rings is 2. The van der Waals surface area contributed by atoms with Crippen LogP contribution < -0.4 is 10.3 Å². The summed E-state index contributed by atoms with van der Waals surface area (Å²) in [6.45, 7) is 6.98. The summed E-state index contributed by atoms with van der Waals surface area (Å²) in [5.41, 5.74) is 3.88. The highest BCUT2D eigenvalue weighted by molar-refractivity contribution is 5.91. The Kier molecular flexibility index (Phi) is 8.09. The van der Waals surface area contributed by atoms with Crippen LogP contribution in [0.15, 0.2) is 42.5 Å². The lowest BCUT2D eigenvalue weighted by molar-refractivity contribution is -0.137. The van der Waals surface area contributed by atoms with Gasteiger partial charge in [-0.25, -0.2) is 4.39 Å². The predicted octanol–water partition coefficient (Wildman–Crippen LogP) is 5.52. The van der Waals surface area contributed by atoms with Crippen molar-refractivity contribution in [3.63, 3.8) is 0 Å². The first kappa shape index (κ1) is 25.2. The zero-order valence-electron chi connectivity index (χ0n) is 21.2. The number of hydrazine groups is 1. The Balaban J connectivity index is 1.54. The van der Waals surface area contributed by atoms with E-state index in [4.69, 9.17) is 0 Å². The molecule has 5 nitrogen and oxygen atoms in total. The van der Waals surface area contributed by atoms with Gasteiger partial charge in [0.15, 0.2) is 0 Å². The summed E-state index contributed by atoms with van der Waals surface area (Å²) in [4.78, 5) is 27.3. The van der Waals surface area contributed by atoms with E-state index in [0.717, 1.165) is 35.2 Å². The minimum Gasteiger partial charge on any atom is -0.344 e. The molecule has 0 radical (unpaired) electrons. The Morgan fingerprint density at radius 2 is 1.83 bits per heavy atom. The summed E-state index contributed by atoms with van der Waals surface area (Å²) in [7, 11) is 0. The van der Waals surface area contributed by atoms with Crippen molar-refractivity contribution >= 4 is 17.5 Å². The molecule has 2 aromatic carbocycles. The van der Waals surface area contributed by atoms with Crippen LogP contribution in [-0.2, 0) is 16.0 Å². The monoisotopic (exact) mass is 479 g/mol. The quantitative estimate of drug-likeness (QED) is 0.543. The van der Waals surface area contributed by atoms with Gasteiger partial charge in [0.2, 0.25) is 5.91 Å². The van der Waals surface area contributed by atoms with Crippen LogP contribution in [0, 0.1) is 18.7 Å². The maximum absolute atomic E-state index is 13.9. The lowest BCUT2D eigenvalue weighted by Gasteiger charge is -2.37. The van der Waals surface area contributed by atoms with Crippen molar-refractivity contribution in [3.8, 4) is 0 Å². The first-order valence-electron chi connectivity index (χ1n) is 13.1. The van der Waals surface area contributed by atoms with Gasteiger partial charge in [0.1, 0.15) is 11.9 Å². The molecule has 1 aliphatic carbocycles. The van der Waals surface area contributed by atoms with Crippen LogP contribution in [0.3, 0.4) is 0 Å². The first-order valence-corrected chi connectivity index (χ1v) is 13.1. The average molecular weight is 480 g/mol. The van der Waals surface area contributed by atoms with Crippen molar-refractivity contribution in [3.05, 3.63) is 65.0 Å². The predicted molar refractivity (Wildman–Crippen MR) is 138 cm³/mol. The molecule has 6 heteroatoms. The summed E-state index contributed by atoms with van der Waals surface area (Å²) in [6, 6.07) is 12.2. The van der Waals surface area contributed by atoms with Gasteiger partial charge in [-0.3, -0.25) is 19.6 Å². The fraction of sp³-hybridized carbons (Fsp3) is 0.517. The Hall–Kier alpha value is -2.89. The molecule has 0 saturated heterocycles. The lowest BCUT2D eigenvalue weighted by atomic mass is 9.84. The summed E-state index contributed by atoms with van der Waals surface area (Å²) < 4.78 is 13.8. The van der Waals surface area contributed by atoms with Crippen LogP contribution in [0.2, 0.25) is 0 Å². The van der Waals surface area contributed by atoms with Crippen molar-refractivity contribution in [2.45, 2.75) is 77.7 Å². The van der Waals surface area contributed by atoms with Crippen LogP contribution in [0.4, 0.5) is 10.1 Å². The normalized spacial score (nSPS) is 17.5. The van der Waals surface area contributed by atoms with Crippen molar-refractivity contribution in [1.82, 2.24) is 10.3 Å². The second kappa shape index (κ2) is 11.2. The highest BCUT2D eigenvalue weighted by atomic mass is 19.1. The molecule has 2 aliphatic rings. The fourth-order valence-electron chi connectivity index (χ4n) is 5.51.